The highest BCUT2D eigenvalue weighted by Gasteiger charge is 2.08. The van der Waals surface area contributed by atoms with Crippen molar-refractivity contribution in [1.29, 1.82) is 0 Å². The second-order valence-electron chi connectivity index (χ2n) is 7.99. The molecular formula is C27H25N3O2. The van der Waals surface area contributed by atoms with Gasteiger partial charge in [-0.05, 0) is 61.4 Å². The molecule has 2 aromatic heterocycles. The van der Waals surface area contributed by atoms with Gasteiger partial charge in [0.2, 0.25) is 0 Å². The Labute approximate surface area is 186 Å². The monoisotopic (exact) mass is 423 g/mol. The van der Waals surface area contributed by atoms with Crippen LogP contribution in [0.3, 0.4) is 0 Å². The molecule has 1 aliphatic heterocycles. The van der Waals surface area contributed by atoms with Crippen molar-refractivity contribution < 1.29 is 9.47 Å². The molecule has 0 aliphatic carbocycles. The maximum atomic E-state index is 6.26. The summed E-state index contributed by atoms with van der Waals surface area (Å²) in [6, 6.07) is 20.2. The summed E-state index contributed by atoms with van der Waals surface area (Å²) < 4.78 is 11.6. The molecule has 2 N–H and O–H groups in total. The molecule has 2 aromatic carbocycles. The zero-order valence-electron chi connectivity index (χ0n) is 18.4. The van der Waals surface area contributed by atoms with Crippen LogP contribution in [-0.2, 0) is 6.61 Å². The number of nitrogens with one attached hydrogen (secondary N) is 2. The largest absolute Gasteiger partial charge is 0.497 e. The van der Waals surface area contributed by atoms with Gasteiger partial charge in [0.1, 0.15) is 18.1 Å². The van der Waals surface area contributed by atoms with Crippen LogP contribution >= 0.6 is 0 Å². The predicted octanol–water partition coefficient (Wildman–Crippen LogP) is 2.60. The Kier molecular flexibility index (Phi) is 5.15. The van der Waals surface area contributed by atoms with E-state index in [1.54, 1.807) is 7.11 Å². The molecule has 0 fully saturated rings. The van der Waals surface area contributed by atoms with E-state index in [0.717, 1.165) is 55.4 Å². The summed E-state index contributed by atoms with van der Waals surface area (Å²) in [5.41, 5.74) is 5.32. The zero-order valence-corrected chi connectivity index (χ0v) is 18.4. The minimum Gasteiger partial charge on any atom is -0.497 e. The average Bonchev–Trinajstić information content (AvgIpc) is 3.49. The summed E-state index contributed by atoms with van der Waals surface area (Å²) in [6.45, 7) is 4.60. The summed E-state index contributed by atoms with van der Waals surface area (Å²) in [7, 11) is 1.67. The smallest absolute Gasteiger partial charge is 0.145 e. The normalized spacial score (nSPS) is 14.7. The number of hydrogen-bond acceptors (Lipinski definition) is 3. The third-order valence-corrected chi connectivity index (χ3v) is 5.56. The van der Waals surface area contributed by atoms with E-state index in [2.05, 4.69) is 48.1 Å². The number of aromatic nitrogens is 2. The summed E-state index contributed by atoms with van der Waals surface area (Å²) in [5.74, 6) is 1.60. The van der Waals surface area contributed by atoms with Gasteiger partial charge in [-0.15, -0.1) is 0 Å². The Morgan fingerprint density at radius 1 is 0.969 bits per heavy atom. The number of benzene rings is 2. The number of para-hydroxylation sites is 1. The van der Waals surface area contributed by atoms with Gasteiger partial charge < -0.3 is 19.4 Å². The van der Waals surface area contributed by atoms with Crippen molar-refractivity contribution in [1.82, 2.24) is 9.97 Å². The van der Waals surface area contributed by atoms with Gasteiger partial charge in [-0.1, -0.05) is 30.3 Å². The Morgan fingerprint density at radius 3 is 2.62 bits per heavy atom. The molecule has 3 heterocycles. The summed E-state index contributed by atoms with van der Waals surface area (Å²) in [5, 5.41) is 3.93. The molecule has 0 radical (unpaired) electrons. The van der Waals surface area contributed by atoms with Gasteiger partial charge in [0.05, 0.1) is 28.9 Å². The van der Waals surface area contributed by atoms with Crippen molar-refractivity contribution in [3.05, 3.63) is 104 Å². The highest BCUT2D eigenvalue weighted by molar-refractivity contribution is 5.76. The van der Waals surface area contributed by atoms with E-state index in [1.807, 2.05) is 48.5 Å². The quantitative estimate of drug-likeness (QED) is 0.518. The van der Waals surface area contributed by atoms with Crippen LogP contribution in [-0.4, -0.2) is 17.1 Å². The molecule has 0 saturated heterocycles. The van der Waals surface area contributed by atoms with Crippen molar-refractivity contribution in [2.45, 2.75) is 20.5 Å². The van der Waals surface area contributed by atoms with Crippen LogP contribution in [0.25, 0.3) is 17.8 Å². The van der Waals surface area contributed by atoms with E-state index in [1.165, 1.54) is 5.56 Å². The van der Waals surface area contributed by atoms with Crippen molar-refractivity contribution in [3.8, 4) is 11.5 Å². The minimum atomic E-state index is 0.439. The first-order chi connectivity index (χ1) is 15.6. The third-order valence-electron chi connectivity index (χ3n) is 5.56. The maximum Gasteiger partial charge on any atom is 0.145 e. The predicted molar refractivity (Wildman–Crippen MR) is 126 cm³/mol. The molecule has 5 nitrogen and oxygen atoms in total. The highest BCUT2D eigenvalue weighted by atomic mass is 16.5. The van der Waals surface area contributed by atoms with Crippen molar-refractivity contribution in [2.24, 2.45) is 4.99 Å². The van der Waals surface area contributed by atoms with Gasteiger partial charge in [0.25, 0.3) is 0 Å². The number of hydrogen-bond donors (Lipinski definition) is 2. The van der Waals surface area contributed by atoms with Crippen LogP contribution in [0.5, 0.6) is 11.5 Å². The van der Waals surface area contributed by atoms with E-state index >= 15 is 0 Å². The molecule has 1 aliphatic rings. The Hall–Kier alpha value is -3.99. The number of H-pyrrole nitrogens is 2. The lowest BCUT2D eigenvalue weighted by molar-refractivity contribution is 0.303. The maximum absolute atomic E-state index is 6.26. The number of rotatable bonds is 5. The number of methoxy groups -OCH3 is 1. The van der Waals surface area contributed by atoms with Gasteiger partial charge in [0.15, 0.2) is 0 Å². The van der Waals surface area contributed by atoms with Crippen LogP contribution in [0, 0.1) is 13.8 Å². The minimum absolute atomic E-state index is 0.439. The number of nitrogens with zero attached hydrogens (tertiary/aromatic N) is 1. The second kappa shape index (κ2) is 8.27. The molecule has 160 valence electrons. The fourth-order valence-electron chi connectivity index (χ4n) is 3.94. The highest BCUT2D eigenvalue weighted by Crippen LogP contribution is 2.15. The fraction of sp³-hybridized carbons (Fsp3) is 0.148. The Morgan fingerprint density at radius 2 is 1.84 bits per heavy atom. The van der Waals surface area contributed by atoms with E-state index < -0.39 is 0 Å². The molecule has 32 heavy (non-hydrogen) atoms. The zero-order chi connectivity index (χ0) is 22.1. The van der Waals surface area contributed by atoms with Crippen molar-refractivity contribution >= 4 is 17.8 Å². The van der Waals surface area contributed by atoms with Gasteiger partial charge in [-0.2, -0.15) is 0 Å². The number of fused-ring (bicyclic) bond motifs is 1. The molecule has 0 atom stereocenters. The Bertz CT molecular complexity index is 1500. The molecule has 0 unspecified atom stereocenters. The van der Waals surface area contributed by atoms with Crippen LogP contribution in [0.1, 0.15) is 22.5 Å². The second-order valence-corrected chi connectivity index (χ2v) is 7.99. The topological polar surface area (TPSA) is 62.4 Å². The lowest BCUT2D eigenvalue weighted by Gasteiger charge is -2.06. The molecule has 5 heteroatoms. The average molecular weight is 424 g/mol. The van der Waals surface area contributed by atoms with Gasteiger partial charge in [-0.3, -0.25) is 0 Å². The van der Waals surface area contributed by atoms with E-state index in [4.69, 9.17) is 14.5 Å². The van der Waals surface area contributed by atoms with Crippen molar-refractivity contribution in [2.75, 3.05) is 7.11 Å². The van der Waals surface area contributed by atoms with Crippen LogP contribution in [0.15, 0.2) is 65.7 Å². The van der Waals surface area contributed by atoms with E-state index in [-0.39, 0.29) is 0 Å². The van der Waals surface area contributed by atoms with Gasteiger partial charge in [-0.25, -0.2) is 4.99 Å². The van der Waals surface area contributed by atoms with E-state index in [0.29, 0.717) is 6.61 Å². The van der Waals surface area contributed by atoms with Crippen LogP contribution < -0.4 is 30.7 Å². The summed E-state index contributed by atoms with van der Waals surface area (Å²) in [6.07, 6.45) is 4.19. The molecule has 0 saturated carbocycles. The first-order valence-corrected chi connectivity index (χ1v) is 10.6. The van der Waals surface area contributed by atoms with Crippen molar-refractivity contribution in [3.63, 3.8) is 0 Å². The van der Waals surface area contributed by atoms with Crippen LogP contribution in [0.4, 0.5) is 0 Å². The lowest BCUT2D eigenvalue weighted by Crippen LogP contribution is -2.19. The molecule has 4 aromatic rings. The summed E-state index contributed by atoms with van der Waals surface area (Å²) in [4.78, 5) is 11.7. The molecule has 0 spiro atoms. The first-order valence-electron chi connectivity index (χ1n) is 10.6. The molecule has 0 bridgehead atoms. The first kappa shape index (κ1) is 19.9. The number of ether oxygens (including phenoxy) is 2. The van der Waals surface area contributed by atoms with Crippen LogP contribution in [0.2, 0.25) is 0 Å². The SMILES string of the molecule is COc1cccc(COc2cc(=C3C=c4ccccc4=N3)[nH]/c2=C\c2[nH]c(C)cc2C)c1. The third kappa shape index (κ3) is 3.97. The van der Waals surface area contributed by atoms with Gasteiger partial charge in [0, 0.05) is 22.7 Å². The fourth-order valence-corrected chi connectivity index (χ4v) is 3.94. The lowest BCUT2D eigenvalue weighted by atomic mass is 10.2. The number of aryl methyl sites for hydroxylation is 2. The molecule has 5 rings (SSSR count). The summed E-state index contributed by atoms with van der Waals surface area (Å²) >= 11 is 0. The van der Waals surface area contributed by atoms with Gasteiger partial charge >= 0.3 is 0 Å². The molecule has 0 amide bonds. The van der Waals surface area contributed by atoms with E-state index in [9.17, 15) is 0 Å². The number of aromatic amines is 2. The standard InChI is InChI=1S/C27H25N3O2/c1-17-11-18(2)28-23(17)14-26-27(32-16-19-7-6-9-21(12-19)31-3)15-25(30-26)24-13-20-8-4-5-10-22(20)29-24/h4-15,28,30H,16H2,1-3H3/b25-24?,26-14-. The Balaban J connectivity index is 1.59. The molecular weight excluding hydrogens is 398 g/mol.